The molecule has 0 saturated carbocycles. The van der Waals surface area contributed by atoms with E-state index in [4.69, 9.17) is 13.7 Å². The molecule has 1 N–H and O–H groups in total. The van der Waals surface area contributed by atoms with Crippen molar-refractivity contribution in [3.8, 4) is 11.3 Å². The number of ether oxygens (including phenoxy) is 1. The lowest BCUT2D eigenvalue weighted by atomic mass is 10.1. The van der Waals surface area contributed by atoms with Crippen molar-refractivity contribution in [2.75, 3.05) is 12.4 Å². The summed E-state index contributed by atoms with van der Waals surface area (Å²) in [7, 11) is 1.58. The van der Waals surface area contributed by atoms with Crippen molar-refractivity contribution in [2.45, 2.75) is 13.5 Å². The number of amides is 1. The van der Waals surface area contributed by atoms with Gasteiger partial charge in [-0.1, -0.05) is 53.2 Å². The number of furan rings is 1. The molecule has 0 spiro atoms. The van der Waals surface area contributed by atoms with E-state index in [9.17, 15) is 4.79 Å². The van der Waals surface area contributed by atoms with Crippen LogP contribution in [0.4, 0.5) is 5.88 Å². The number of anilines is 1. The summed E-state index contributed by atoms with van der Waals surface area (Å²) in [5.74, 6) is 0.0376. The number of hydrogen-bond acceptors (Lipinski definition) is 5. The highest BCUT2D eigenvalue weighted by molar-refractivity contribution is 6.06. The lowest BCUT2D eigenvalue weighted by Gasteiger charge is -2.01. The van der Waals surface area contributed by atoms with Crippen LogP contribution in [0.25, 0.3) is 22.2 Å². The van der Waals surface area contributed by atoms with Crippen molar-refractivity contribution in [1.82, 2.24) is 5.16 Å². The SMILES string of the molecule is COCc1c(C(=O)Nc2cc(-c3ccc(C)cc3)no2)oc2ccccc12. The summed E-state index contributed by atoms with van der Waals surface area (Å²) < 4.78 is 16.2. The number of fused-ring (bicyclic) bond motifs is 1. The molecule has 2 aromatic carbocycles. The molecule has 0 radical (unpaired) electrons. The van der Waals surface area contributed by atoms with Crippen LogP contribution in [-0.2, 0) is 11.3 Å². The van der Waals surface area contributed by atoms with Gasteiger partial charge in [0.2, 0.25) is 5.88 Å². The summed E-state index contributed by atoms with van der Waals surface area (Å²) in [6.45, 7) is 2.29. The predicted octanol–water partition coefficient (Wildman–Crippen LogP) is 4.79. The predicted molar refractivity (Wildman–Crippen MR) is 102 cm³/mol. The van der Waals surface area contributed by atoms with Gasteiger partial charge >= 0.3 is 0 Å². The Morgan fingerprint density at radius 1 is 1.15 bits per heavy atom. The molecule has 2 aromatic heterocycles. The van der Waals surface area contributed by atoms with Crippen LogP contribution >= 0.6 is 0 Å². The van der Waals surface area contributed by atoms with Gasteiger partial charge in [0.1, 0.15) is 11.3 Å². The monoisotopic (exact) mass is 362 g/mol. The van der Waals surface area contributed by atoms with Gasteiger partial charge in [-0.25, -0.2) is 0 Å². The minimum absolute atomic E-state index is 0.200. The molecule has 0 aliphatic carbocycles. The van der Waals surface area contributed by atoms with E-state index < -0.39 is 5.91 Å². The van der Waals surface area contributed by atoms with Gasteiger partial charge in [0.25, 0.3) is 5.91 Å². The molecule has 27 heavy (non-hydrogen) atoms. The van der Waals surface area contributed by atoms with E-state index in [-0.39, 0.29) is 18.3 Å². The zero-order chi connectivity index (χ0) is 18.8. The third kappa shape index (κ3) is 3.35. The average molecular weight is 362 g/mol. The second-order valence-corrected chi connectivity index (χ2v) is 6.24. The fourth-order valence-corrected chi connectivity index (χ4v) is 2.93. The highest BCUT2D eigenvalue weighted by Crippen LogP contribution is 2.28. The molecule has 0 unspecified atom stereocenters. The summed E-state index contributed by atoms with van der Waals surface area (Å²) in [5, 5.41) is 7.57. The Labute approximate surface area is 155 Å². The maximum absolute atomic E-state index is 12.7. The molecule has 136 valence electrons. The Hall–Kier alpha value is -3.38. The molecule has 6 nitrogen and oxygen atoms in total. The second-order valence-electron chi connectivity index (χ2n) is 6.24. The molecule has 0 bridgehead atoms. The first-order chi connectivity index (χ1) is 13.2. The molecule has 6 heteroatoms. The fraction of sp³-hybridized carbons (Fsp3) is 0.143. The van der Waals surface area contributed by atoms with E-state index in [1.54, 1.807) is 13.2 Å². The summed E-state index contributed by atoms with van der Waals surface area (Å²) in [6.07, 6.45) is 0. The molecule has 4 rings (SSSR count). The number of aryl methyl sites for hydroxylation is 1. The summed E-state index contributed by atoms with van der Waals surface area (Å²) in [6, 6.07) is 17.0. The van der Waals surface area contributed by atoms with Crippen molar-refractivity contribution >= 4 is 22.8 Å². The van der Waals surface area contributed by atoms with Crippen molar-refractivity contribution in [3.63, 3.8) is 0 Å². The molecule has 0 saturated heterocycles. The molecule has 0 atom stereocenters. The van der Waals surface area contributed by atoms with Gasteiger partial charge < -0.3 is 13.7 Å². The van der Waals surface area contributed by atoms with E-state index in [1.807, 2.05) is 55.5 Å². The van der Waals surface area contributed by atoms with Crippen LogP contribution in [0.1, 0.15) is 21.7 Å². The topological polar surface area (TPSA) is 77.5 Å². The molecule has 0 aliphatic heterocycles. The molecule has 1 amide bonds. The standard InChI is InChI=1S/C21H18N2O4/c1-13-7-9-14(10-8-13)17-11-19(27-23-17)22-21(24)20-16(12-25-2)15-5-3-4-6-18(15)26-20/h3-11H,12H2,1-2H3,(H,22,24). The van der Waals surface area contributed by atoms with Crippen LogP contribution < -0.4 is 5.32 Å². The minimum atomic E-state index is -0.412. The quantitative estimate of drug-likeness (QED) is 0.552. The highest BCUT2D eigenvalue weighted by Gasteiger charge is 2.21. The smallest absolute Gasteiger partial charge is 0.294 e. The number of carbonyl (C=O) groups is 1. The van der Waals surface area contributed by atoms with Crippen molar-refractivity contribution in [3.05, 3.63) is 71.5 Å². The highest BCUT2D eigenvalue weighted by atomic mass is 16.5. The van der Waals surface area contributed by atoms with E-state index in [1.165, 1.54) is 0 Å². The van der Waals surface area contributed by atoms with Crippen molar-refractivity contribution in [1.29, 1.82) is 0 Å². The third-order valence-electron chi connectivity index (χ3n) is 4.29. The van der Waals surface area contributed by atoms with Crippen LogP contribution in [0.2, 0.25) is 0 Å². The lowest BCUT2D eigenvalue weighted by Crippen LogP contribution is -2.12. The maximum Gasteiger partial charge on any atom is 0.294 e. The molecular weight excluding hydrogens is 344 g/mol. The normalized spacial score (nSPS) is 11.0. The number of hydrogen-bond donors (Lipinski definition) is 1. The molecular formula is C21H18N2O4. The number of aromatic nitrogens is 1. The number of carbonyl (C=O) groups excluding carboxylic acids is 1. The van der Waals surface area contributed by atoms with Crippen LogP contribution in [0, 0.1) is 6.92 Å². The van der Waals surface area contributed by atoms with E-state index in [0.29, 0.717) is 16.8 Å². The molecule has 4 aromatic rings. The second kappa shape index (κ2) is 7.09. The number of nitrogens with one attached hydrogen (secondary N) is 1. The number of para-hydroxylation sites is 1. The van der Waals surface area contributed by atoms with Gasteiger partial charge in [-0.15, -0.1) is 0 Å². The van der Waals surface area contributed by atoms with E-state index in [0.717, 1.165) is 16.5 Å². The first-order valence-corrected chi connectivity index (χ1v) is 8.50. The lowest BCUT2D eigenvalue weighted by molar-refractivity contribution is 0.0989. The zero-order valence-corrected chi connectivity index (χ0v) is 15.0. The molecule has 0 aliphatic rings. The van der Waals surface area contributed by atoms with Gasteiger partial charge in [-0.3, -0.25) is 10.1 Å². The Balaban J connectivity index is 1.60. The van der Waals surface area contributed by atoms with Crippen LogP contribution in [-0.4, -0.2) is 18.2 Å². The summed E-state index contributed by atoms with van der Waals surface area (Å²) in [5.41, 5.74) is 4.04. The summed E-state index contributed by atoms with van der Waals surface area (Å²) >= 11 is 0. The Morgan fingerprint density at radius 2 is 1.93 bits per heavy atom. The minimum Gasteiger partial charge on any atom is -0.451 e. The third-order valence-corrected chi connectivity index (χ3v) is 4.29. The number of rotatable bonds is 5. The number of nitrogens with zero attached hydrogens (tertiary/aromatic N) is 1. The van der Waals surface area contributed by atoms with Gasteiger partial charge in [-0.2, -0.15) is 0 Å². The van der Waals surface area contributed by atoms with Gasteiger partial charge in [0.15, 0.2) is 5.76 Å². The molecule has 2 heterocycles. The fourth-order valence-electron chi connectivity index (χ4n) is 2.93. The average Bonchev–Trinajstić information content (AvgIpc) is 3.28. The Bertz CT molecular complexity index is 1090. The number of benzene rings is 2. The van der Waals surface area contributed by atoms with E-state index >= 15 is 0 Å². The van der Waals surface area contributed by atoms with Crippen molar-refractivity contribution in [2.24, 2.45) is 0 Å². The zero-order valence-electron chi connectivity index (χ0n) is 15.0. The summed E-state index contributed by atoms with van der Waals surface area (Å²) in [4.78, 5) is 12.7. The van der Waals surface area contributed by atoms with Crippen molar-refractivity contribution < 1.29 is 18.5 Å². The first-order valence-electron chi connectivity index (χ1n) is 8.50. The number of methoxy groups -OCH3 is 1. The first kappa shape index (κ1) is 17.1. The van der Waals surface area contributed by atoms with Gasteiger partial charge in [0, 0.05) is 29.7 Å². The maximum atomic E-state index is 12.7. The molecule has 0 fully saturated rings. The van der Waals surface area contributed by atoms with Crippen LogP contribution in [0.15, 0.2) is 63.5 Å². The van der Waals surface area contributed by atoms with Gasteiger partial charge in [-0.05, 0) is 13.0 Å². The van der Waals surface area contributed by atoms with Gasteiger partial charge in [0.05, 0.1) is 6.61 Å². The van der Waals surface area contributed by atoms with E-state index in [2.05, 4.69) is 10.5 Å². The Morgan fingerprint density at radius 3 is 2.70 bits per heavy atom. The van der Waals surface area contributed by atoms with Crippen LogP contribution in [0.3, 0.4) is 0 Å². The largest absolute Gasteiger partial charge is 0.451 e. The van der Waals surface area contributed by atoms with Crippen LogP contribution in [0.5, 0.6) is 0 Å². The Kier molecular flexibility index (Phi) is 4.48.